The second-order valence-corrected chi connectivity index (χ2v) is 9.19. The Labute approximate surface area is 192 Å². The SMILES string of the molecule is COCc1nc(OC)c2c(C)c(C(=O)Nc3ncc(Cc4ccccc4Cl)s3)sc2n1. The summed E-state index contributed by atoms with van der Waals surface area (Å²) in [5.41, 5.74) is 1.79. The zero-order valence-corrected chi connectivity index (χ0v) is 19.5. The second-order valence-electron chi connectivity index (χ2n) is 6.67. The number of fused-ring (bicyclic) bond motifs is 1. The van der Waals surface area contributed by atoms with E-state index in [2.05, 4.69) is 20.3 Å². The number of thiazole rings is 1. The molecule has 0 spiro atoms. The molecular weight excluding hydrogens is 456 g/mol. The van der Waals surface area contributed by atoms with Gasteiger partial charge in [0.15, 0.2) is 11.0 Å². The van der Waals surface area contributed by atoms with Crippen LogP contribution >= 0.6 is 34.3 Å². The lowest BCUT2D eigenvalue weighted by Crippen LogP contribution is -2.11. The zero-order valence-electron chi connectivity index (χ0n) is 17.1. The van der Waals surface area contributed by atoms with Crippen LogP contribution < -0.4 is 10.1 Å². The summed E-state index contributed by atoms with van der Waals surface area (Å²) >= 11 is 8.96. The lowest BCUT2D eigenvalue weighted by Gasteiger charge is -2.05. The largest absolute Gasteiger partial charge is 0.480 e. The number of rotatable bonds is 7. The minimum Gasteiger partial charge on any atom is -0.480 e. The van der Waals surface area contributed by atoms with E-state index in [0.717, 1.165) is 21.4 Å². The summed E-state index contributed by atoms with van der Waals surface area (Å²) in [7, 11) is 3.12. The summed E-state index contributed by atoms with van der Waals surface area (Å²) in [5, 5.41) is 4.87. The van der Waals surface area contributed by atoms with E-state index in [9.17, 15) is 4.79 Å². The first-order valence-electron chi connectivity index (χ1n) is 9.32. The predicted molar refractivity (Wildman–Crippen MR) is 124 cm³/mol. The summed E-state index contributed by atoms with van der Waals surface area (Å²) in [5.74, 6) is 0.694. The number of ether oxygens (including phenoxy) is 2. The predicted octanol–water partition coefficient (Wildman–Crippen LogP) is 5.11. The molecule has 1 aromatic carbocycles. The third kappa shape index (κ3) is 4.54. The fourth-order valence-electron chi connectivity index (χ4n) is 3.13. The van der Waals surface area contributed by atoms with E-state index >= 15 is 0 Å². The van der Waals surface area contributed by atoms with Crippen LogP contribution in [0.3, 0.4) is 0 Å². The molecule has 10 heteroatoms. The fraction of sp³-hybridized carbons (Fsp3) is 0.238. The van der Waals surface area contributed by atoms with Gasteiger partial charge in [-0.1, -0.05) is 29.8 Å². The molecule has 31 heavy (non-hydrogen) atoms. The Bertz CT molecular complexity index is 1250. The Kier molecular flexibility index (Phi) is 6.47. The van der Waals surface area contributed by atoms with Crippen LogP contribution in [0.5, 0.6) is 5.88 Å². The van der Waals surface area contributed by atoms with E-state index in [1.807, 2.05) is 31.2 Å². The summed E-state index contributed by atoms with van der Waals surface area (Å²) in [4.78, 5) is 28.4. The molecule has 0 aliphatic carbocycles. The van der Waals surface area contributed by atoms with Crippen LogP contribution in [0.1, 0.15) is 31.5 Å². The molecule has 0 radical (unpaired) electrons. The molecule has 0 saturated carbocycles. The summed E-state index contributed by atoms with van der Waals surface area (Å²) < 4.78 is 10.5. The number of halogens is 1. The number of amides is 1. The molecule has 0 aliphatic heterocycles. The van der Waals surface area contributed by atoms with Crippen LogP contribution in [0.15, 0.2) is 30.5 Å². The molecule has 4 aromatic rings. The molecule has 1 amide bonds. The molecule has 160 valence electrons. The van der Waals surface area contributed by atoms with Gasteiger partial charge in [-0.2, -0.15) is 4.98 Å². The third-order valence-corrected chi connectivity index (χ3v) is 7.04. The van der Waals surface area contributed by atoms with Crippen LogP contribution in [0.25, 0.3) is 10.2 Å². The topological polar surface area (TPSA) is 86.2 Å². The van der Waals surface area contributed by atoms with Crippen molar-refractivity contribution in [3.8, 4) is 5.88 Å². The van der Waals surface area contributed by atoms with Crippen molar-refractivity contribution in [3.63, 3.8) is 0 Å². The van der Waals surface area contributed by atoms with Crippen LogP contribution in [0, 0.1) is 6.92 Å². The van der Waals surface area contributed by atoms with Gasteiger partial charge in [0.05, 0.1) is 17.4 Å². The van der Waals surface area contributed by atoms with Gasteiger partial charge < -0.3 is 9.47 Å². The van der Waals surface area contributed by atoms with E-state index in [-0.39, 0.29) is 12.5 Å². The maximum Gasteiger partial charge on any atom is 0.267 e. The second kappa shape index (κ2) is 9.27. The number of aryl methyl sites for hydroxylation is 1. The zero-order chi connectivity index (χ0) is 22.0. The van der Waals surface area contributed by atoms with Crippen molar-refractivity contribution < 1.29 is 14.3 Å². The first-order valence-corrected chi connectivity index (χ1v) is 11.3. The lowest BCUT2D eigenvalue weighted by atomic mass is 10.1. The third-order valence-electron chi connectivity index (χ3n) is 4.57. The maximum absolute atomic E-state index is 13.0. The molecule has 0 fully saturated rings. The van der Waals surface area contributed by atoms with E-state index in [4.69, 9.17) is 21.1 Å². The molecule has 0 aliphatic rings. The Morgan fingerprint density at radius 3 is 2.74 bits per heavy atom. The number of aromatic nitrogens is 3. The summed E-state index contributed by atoms with van der Waals surface area (Å²) in [6, 6.07) is 7.69. The summed E-state index contributed by atoms with van der Waals surface area (Å²) in [6.07, 6.45) is 2.41. The minimum atomic E-state index is -0.241. The number of carbonyl (C=O) groups is 1. The quantitative estimate of drug-likeness (QED) is 0.400. The maximum atomic E-state index is 13.0. The normalized spacial score (nSPS) is 11.1. The van der Waals surface area contributed by atoms with Gasteiger partial charge in [0.2, 0.25) is 5.88 Å². The Balaban J connectivity index is 1.57. The van der Waals surface area contributed by atoms with E-state index in [1.165, 1.54) is 22.7 Å². The van der Waals surface area contributed by atoms with Crippen molar-refractivity contribution in [2.24, 2.45) is 0 Å². The number of methoxy groups -OCH3 is 2. The number of nitrogens with one attached hydrogen (secondary N) is 1. The van der Waals surface area contributed by atoms with Crippen molar-refractivity contribution in [2.45, 2.75) is 20.0 Å². The number of benzene rings is 1. The molecule has 0 atom stereocenters. The highest BCUT2D eigenvalue weighted by Gasteiger charge is 2.22. The van der Waals surface area contributed by atoms with Gasteiger partial charge in [-0.15, -0.1) is 22.7 Å². The van der Waals surface area contributed by atoms with Gasteiger partial charge in [0, 0.05) is 29.6 Å². The first-order chi connectivity index (χ1) is 15.0. The molecule has 3 aromatic heterocycles. The molecular formula is C21H19ClN4O3S2. The average molecular weight is 475 g/mol. The Hall–Kier alpha value is -2.59. The highest BCUT2D eigenvalue weighted by atomic mass is 35.5. The highest BCUT2D eigenvalue weighted by molar-refractivity contribution is 7.21. The number of carbonyl (C=O) groups excluding carboxylic acids is 1. The van der Waals surface area contributed by atoms with E-state index < -0.39 is 0 Å². The number of anilines is 1. The molecule has 1 N–H and O–H groups in total. The van der Waals surface area contributed by atoms with Crippen molar-refractivity contribution in [3.05, 3.63) is 62.2 Å². The summed E-state index contributed by atoms with van der Waals surface area (Å²) in [6.45, 7) is 2.12. The number of hydrogen-bond acceptors (Lipinski definition) is 8. The average Bonchev–Trinajstić information content (AvgIpc) is 3.33. The van der Waals surface area contributed by atoms with Crippen molar-refractivity contribution >= 4 is 55.5 Å². The molecule has 4 rings (SSSR count). The van der Waals surface area contributed by atoms with Crippen molar-refractivity contribution in [2.75, 3.05) is 19.5 Å². The van der Waals surface area contributed by atoms with Crippen molar-refractivity contribution in [1.29, 1.82) is 0 Å². The van der Waals surface area contributed by atoms with Gasteiger partial charge in [-0.25, -0.2) is 9.97 Å². The molecule has 7 nitrogen and oxygen atoms in total. The fourth-order valence-corrected chi connectivity index (χ4v) is 5.25. The number of nitrogens with zero attached hydrogens (tertiary/aromatic N) is 3. The van der Waals surface area contributed by atoms with Crippen LogP contribution in [0.4, 0.5) is 5.13 Å². The standard InChI is InChI=1S/C21H19ClN4O3S2/c1-11-16-19(29-3)24-15(10-28-2)25-20(16)31-17(11)18(27)26-21-23-9-13(30-21)8-12-6-4-5-7-14(12)22/h4-7,9H,8,10H2,1-3H3,(H,23,26,27). The molecule has 3 heterocycles. The van der Waals surface area contributed by atoms with Crippen LogP contribution in [0.2, 0.25) is 5.02 Å². The first kappa shape index (κ1) is 21.6. The van der Waals surface area contributed by atoms with Gasteiger partial charge >= 0.3 is 0 Å². The minimum absolute atomic E-state index is 0.241. The van der Waals surface area contributed by atoms with E-state index in [0.29, 0.717) is 38.0 Å². The Morgan fingerprint density at radius 1 is 1.19 bits per heavy atom. The van der Waals surface area contributed by atoms with Gasteiger partial charge in [-0.3, -0.25) is 10.1 Å². The van der Waals surface area contributed by atoms with Crippen LogP contribution in [-0.4, -0.2) is 35.1 Å². The monoisotopic (exact) mass is 474 g/mol. The Morgan fingerprint density at radius 2 is 2.00 bits per heavy atom. The van der Waals surface area contributed by atoms with Crippen molar-refractivity contribution in [1.82, 2.24) is 15.0 Å². The molecule has 0 unspecified atom stereocenters. The van der Waals surface area contributed by atoms with Gasteiger partial charge in [0.1, 0.15) is 11.4 Å². The van der Waals surface area contributed by atoms with Crippen LogP contribution in [-0.2, 0) is 17.8 Å². The number of thiophene rings is 1. The van der Waals surface area contributed by atoms with Gasteiger partial charge in [0.25, 0.3) is 5.91 Å². The highest BCUT2D eigenvalue weighted by Crippen LogP contribution is 2.35. The molecule has 0 saturated heterocycles. The number of hydrogen-bond donors (Lipinski definition) is 1. The smallest absolute Gasteiger partial charge is 0.267 e. The van der Waals surface area contributed by atoms with Gasteiger partial charge in [-0.05, 0) is 24.1 Å². The van der Waals surface area contributed by atoms with E-state index in [1.54, 1.807) is 20.4 Å². The molecule has 0 bridgehead atoms. The lowest BCUT2D eigenvalue weighted by molar-refractivity contribution is 0.103.